The van der Waals surface area contributed by atoms with Crippen molar-refractivity contribution in [2.75, 3.05) is 5.32 Å². The minimum absolute atomic E-state index is 0.178. The maximum atomic E-state index is 12.7. The Morgan fingerprint density at radius 2 is 1.90 bits per heavy atom. The molecule has 1 N–H and O–H groups in total. The molecule has 7 nitrogen and oxygen atoms in total. The monoisotopic (exact) mass is 419 g/mol. The number of nitrogens with one attached hydrogen (secondary N) is 1. The summed E-state index contributed by atoms with van der Waals surface area (Å²) in [7, 11) is 0. The summed E-state index contributed by atoms with van der Waals surface area (Å²) in [6, 6.07) is 13.7. The Kier molecular flexibility index (Phi) is 5.41. The van der Waals surface area contributed by atoms with E-state index in [4.69, 9.17) is 0 Å². The molecule has 0 saturated heterocycles. The van der Waals surface area contributed by atoms with E-state index in [0.717, 1.165) is 20.7 Å². The number of amides is 1. The minimum atomic E-state index is -0.380. The maximum absolute atomic E-state index is 12.7. The molecule has 2 heterocycles. The number of aryl methyl sites for hydroxylation is 3. The van der Waals surface area contributed by atoms with Gasteiger partial charge in [0.05, 0.1) is 0 Å². The first kappa shape index (κ1) is 19.9. The van der Waals surface area contributed by atoms with Crippen molar-refractivity contribution < 1.29 is 4.79 Å². The van der Waals surface area contributed by atoms with Gasteiger partial charge in [0.2, 0.25) is 5.91 Å². The van der Waals surface area contributed by atoms with Crippen LogP contribution in [0.3, 0.4) is 0 Å². The van der Waals surface area contributed by atoms with Gasteiger partial charge in [-0.3, -0.25) is 4.79 Å². The first-order valence-electron chi connectivity index (χ1n) is 9.47. The number of fused-ring (bicyclic) bond motifs is 1. The zero-order valence-corrected chi connectivity index (χ0v) is 17.7. The van der Waals surface area contributed by atoms with E-state index in [-0.39, 0.29) is 18.1 Å². The van der Waals surface area contributed by atoms with Crippen molar-refractivity contribution in [1.82, 2.24) is 19.2 Å². The van der Waals surface area contributed by atoms with E-state index in [1.807, 2.05) is 57.2 Å². The Morgan fingerprint density at radius 3 is 2.67 bits per heavy atom. The van der Waals surface area contributed by atoms with Gasteiger partial charge in [-0.15, -0.1) is 5.10 Å². The van der Waals surface area contributed by atoms with Gasteiger partial charge in [0.25, 0.3) is 0 Å². The van der Waals surface area contributed by atoms with Crippen molar-refractivity contribution in [3.63, 3.8) is 0 Å². The van der Waals surface area contributed by atoms with Crippen LogP contribution in [-0.4, -0.2) is 25.1 Å². The van der Waals surface area contributed by atoms with Crippen LogP contribution in [0.4, 0.5) is 5.69 Å². The normalized spacial score (nSPS) is 11.0. The van der Waals surface area contributed by atoms with Gasteiger partial charge in [0, 0.05) is 23.0 Å². The number of para-hydroxylation sites is 1. The standard InChI is InChI=1S/C22H21N5O2S/c1-14-8-9-18(16(3)12-14)30-21-20-25-27(22(29)26(20)11-10-23-21)13-19(28)24-17-7-5-4-6-15(17)2/h4-12H,13H2,1-3H3,(H,24,28). The van der Waals surface area contributed by atoms with Crippen LogP contribution in [-0.2, 0) is 11.3 Å². The largest absolute Gasteiger partial charge is 0.350 e. The molecule has 4 aromatic rings. The molecule has 0 aliphatic rings. The quantitative estimate of drug-likeness (QED) is 0.534. The van der Waals surface area contributed by atoms with E-state index < -0.39 is 0 Å². The van der Waals surface area contributed by atoms with Crippen LogP contribution in [0.2, 0.25) is 0 Å². The van der Waals surface area contributed by atoms with Crippen molar-refractivity contribution in [2.45, 2.75) is 37.2 Å². The molecule has 8 heteroatoms. The third kappa shape index (κ3) is 3.99. The molecule has 0 saturated carbocycles. The second-order valence-electron chi connectivity index (χ2n) is 7.10. The highest BCUT2D eigenvalue weighted by Gasteiger charge is 2.16. The van der Waals surface area contributed by atoms with Gasteiger partial charge in [-0.25, -0.2) is 18.9 Å². The molecule has 0 aliphatic carbocycles. The third-order valence-corrected chi connectivity index (χ3v) is 5.88. The molecule has 1 amide bonds. The SMILES string of the molecule is Cc1ccc(Sc2nccn3c(=O)n(CC(=O)Nc4ccccc4C)nc23)c(C)c1. The van der Waals surface area contributed by atoms with Crippen molar-refractivity contribution >= 4 is 29.0 Å². The lowest BCUT2D eigenvalue weighted by molar-refractivity contribution is -0.117. The zero-order chi connectivity index (χ0) is 21.3. The summed E-state index contributed by atoms with van der Waals surface area (Å²) in [5, 5.41) is 7.82. The Morgan fingerprint density at radius 1 is 1.10 bits per heavy atom. The predicted molar refractivity (Wildman–Crippen MR) is 117 cm³/mol. The number of hydrogen-bond acceptors (Lipinski definition) is 5. The maximum Gasteiger partial charge on any atom is 0.350 e. The number of rotatable bonds is 5. The molecule has 4 rings (SSSR count). The van der Waals surface area contributed by atoms with Gasteiger partial charge in [-0.1, -0.05) is 47.7 Å². The molecule has 0 aliphatic heterocycles. The number of anilines is 1. The van der Waals surface area contributed by atoms with Crippen molar-refractivity contribution in [3.8, 4) is 0 Å². The summed E-state index contributed by atoms with van der Waals surface area (Å²) >= 11 is 1.45. The predicted octanol–water partition coefficient (Wildman–Crippen LogP) is 3.61. The molecule has 0 radical (unpaired) electrons. The molecule has 0 spiro atoms. The van der Waals surface area contributed by atoms with Gasteiger partial charge in [-0.05, 0) is 44.0 Å². The topological polar surface area (TPSA) is 81.3 Å². The zero-order valence-electron chi connectivity index (χ0n) is 16.9. The lowest BCUT2D eigenvalue weighted by Crippen LogP contribution is -2.28. The summed E-state index contributed by atoms with van der Waals surface area (Å²) in [5.41, 5.74) is 4.02. The van der Waals surface area contributed by atoms with Crippen LogP contribution in [0.5, 0.6) is 0 Å². The highest BCUT2D eigenvalue weighted by atomic mass is 32.2. The number of carbonyl (C=O) groups is 1. The van der Waals surface area contributed by atoms with Crippen LogP contribution in [0, 0.1) is 20.8 Å². The Balaban J connectivity index is 1.62. The molecular weight excluding hydrogens is 398 g/mol. The van der Waals surface area contributed by atoms with E-state index >= 15 is 0 Å². The van der Waals surface area contributed by atoms with Crippen molar-refractivity contribution in [3.05, 3.63) is 82.0 Å². The number of carbonyl (C=O) groups excluding carboxylic acids is 1. The average Bonchev–Trinajstić information content (AvgIpc) is 3.02. The van der Waals surface area contributed by atoms with Crippen LogP contribution in [0.1, 0.15) is 16.7 Å². The summed E-state index contributed by atoms with van der Waals surface area (Å²) in [5.74, 6) is -0.314. The van der Waals surface area contributed by atoms with E-state index in [2.05, 4.69) is 21.5 Å². The van der Waals surface area contributed by atoms with E-state index in [0.29, 0.717) is 16.4 Å². The highest BCUT2D eigenvalue weighted by molar-refractivity contribution is 7.99. The smallest absolute Gasteiger partial charge is 0.324 e. The molecule has 152 valence electrons. The van der Waals surface area contributed by atoms with E-state index in [1.54, 1.807) is 12.4 Å². The Labute approximate surface area is 177 Å². The van der Waals surface area contributed by atoms with Crippen LogP contribution >= 0.6 is 11.8 Å². The third-order valence-electron chi connectivity index (χ3n) is 4.72. The molecule has 0 bridgehead atoms. The summed E-state index contributed by atoms with van der Waals surface area (Å²) in [4.78, 5) is 30.7. The van der Waals surface area contributed by atoms with E-state index in [1.165, 1.54) is 21.7 Å². The summed E-state index contributed by atoms with van der Waals surface area (Å²) < 4.78 is 2.58. The lowest BCUT2D eigenvalue weighted by Gasteiger charge is -2.07. The molecule has 0 atom stereocenters. The fourth-order valence-electron chi connectivity index (χ4n) is 3.16. The average molecular weight is 420 g/mol. The van der Waals surface area contributed by atoms with Gasteiger partial charge in [-0.2, -0.15) is 0 Å². The Hall–Kier alpha value is -3.39. The lowest BCUT2D eigenvalue weighted by atomic mass is 10.2. The molecule has 30 heavy (non-hydrogen) atoms. The first-order valence-corrected chi connectivity index (χ1v) is 10.3. The van der Waals surface area contributed by atoms with Crippen LogP contribution in [0.25, 0.3) is 5.65 Å². The summed E-state index contributed by atoms with van der Waals surface area (Å²) in [6.07, 6.45) is 3.13. The van der Waals surface area contributed by atoms with Gasteiger partial charge < -0.3 is 5.32 Å². The fourth-order valence-corrected chi connectivity index (χ4v) is 4.07. The van der Waals surface area contributed by atoms with Crippen molar-refractivity contribution in [2.24, 2.45) is 0 Å². The minimum Gasteiger partial charge on any atom is -0.324 e. The summed E-state index contributed by atoms with van der Waals surface area (Å²) in [6.45, 7) is 5.82. The molecule has 0 fully saturated rings. The van der Waals surface area contributed by atoms with Crippen molar-refractivity contribution in [1.29, 1.82) is 0 Å². The Bertz CT molecular complexity index is 1310. The first-order chi connectivity index (χ1) is 14.4. The van der Waals surface area contributed by atoms with Crippen LogP contribution in [0.15, 0.2) is 69.6 Å². The number of hydrogen-bond donors (Lipinski definition) is 1. The second kappa shape index (κ2) is 8.16. The highest BCUT2D eigenvalue weighted by Crippen LogP contribution is 2.31. The fraction of sp³-hybridized carbons (Fsp3) is 0.182. The number of benzene rings is 2. The molecule has 2 aromatic heterocycles. The molecule has 0 unspecified atom stereocenters. The van der Waals surface area contributed by atoms with E-state index in [9.17, 15) is 9.59 Å². The van der Waals surface area contributed by atoms with Gasteiger partial charge in [0.15, 0.2) is 5.65 Å². The number of nitrogens with zero attached hydrogens (tertiary/aromatic N) is 4. The molecule has 2 aromatic carbocycles. The number of aromatic nitrogens is 4. The second-order valence-corrected chi connectivity index (χ2v) is 8.13. The van der Waals surface area contributed by atoms with Gasteiger partial charge in [0.1, 0.15) is 11.6 Å². The molecular formula is C22H21N5O2S. The van der Waals surface area contributed by atoms with Crippen LogP contribution < -0.4 is 11.0 Å². The van der Waals surface area contributed by atoms with Gasteiger partial charge >= 0.3 is 5.69 Å².